The van der Waals surface area contributed by atoms with Crippen LogP contribution < -0.4 is 21.3 Å². The van der Waals surface area contributed by atoms with E-state index in [4.69, 9.17) is 0 Å². The smallest absolute Gasteiger partial charge is 0.00532 e. The minimum atomic E-state index is 0.614. The van der Waals surface area contributed by atoms with Crippen LogP contribution in [0, 0.1) is 0 Å². The van der Waals surface area contributed by atoms with Gasteiger partial charge in [0.2, 0.25) is 0 Å². The number of hydrogen-bond acceptors (Lipinski definition) is 4. The predicted octanol–water partition coefficient (Wildman–Crippen LogP) is 3.14. The number of unbranched alkanes of at least 4 members (excludes halogenated alkanes) is 1. The molecule has 4 heteroatoms. The fourth-order valence-corrected chi connectivity index (χ4v) is 2.22. The Morgan fingerprint density at radius 3 is 1.61 bits per heavy atom. The van der Waals surface area contributed by atoms with Crippen molar-refractivity contribution in [1.82, 2.24) is 21.3 Å². The van der Waals surface area contributed by atoms with E-state index < -0.39 is 0 Å². The quantitative estimate of drug-likeness (QED) is 0.348. The van der Waals surface area contributed by atoms with Crippen molar-refractivity contribution in [2.24, 2.45) is 0 Å². The second-order valence-corrected chi connectivity index (χ2v) is 6.35. The molecule has 0 bridgehead atoms. The molecule has 0 saturated carbocycles. The molecule has 3 atom stereocenters. The summed E-state index contributed by atoms with van der Waals surface area (Å²) in [4.78, 5) is 0. The van der Waals surface area contributed by atoms with Crippen molar-refractivity contribution in [3.05, 3.63) is 0 Å². The van der Waals surface area contributed by atoms with Gasteiger partial charge in [0.05, 0.1) is 0 Å². The Morgan fingerprint density at radius 2 is 1.17 bits per heavy atom. The summed E-state index contributed by atoms with van der Waals surface area (Å²) in [5, 5.41) is 13.9. The van der Waals surface area contributed by atoms with Crippen molar-refractivity contribution in [3.63, 3.8) is 0 Å². The van der Waals surface area contributed by atoms with Gasteiger partial charge < -0.3 is 21.3 Å². The molecule has 0 aromatic rings. The van der Waals surface area contributed by atoms with E-state index in [1.54, 1.807) is 0 Å². The fraction of sp³-hybridized carbons (Fsp3) is 1.00. The number of hydrogen-bond donors (Lipinski definition) is 4. The number of nitrogens with one attached hydrogen (secondary N) is 4. The standard InChI is InChI=1S/C17H40N4.C2H6/c1-6-15(2)21-17(4)10-14-20-12-8-7-11-19-13-9-16(3)18-5;1-2/h15-21H,6-14H2,1-5H3;1-2H3. The molecule has 0 aliphatic heterocycles. The van der Waals surface area contributed by atoms with Gasteiger partial charge in [-0.2, -0.15) is 0 Å². The zero-order valence-electron chi connectivity index (χ0n) is 17.1. The van der Waals surface area contributed by atoms with Gasteiger partial charge in [0.25, 0.3) is 0 Å². The highest BCUT2D eigenvalue weighted by Crippen LogP contribution is 1.95. The van der Waals surface area contributed by atoms with Crippen LogP contribution >= 0.6 is 0 Å². The molecule has 0 radical (unpaired) electrons. The van der Waals surface area contributed by atoms with Crippen molar-refractivity contribution < 1.29 is 0 Å². The van der Waals surface area contributed by atoms with Gasteiger partial charge in [0.15, 0.2) is 0 Å². The maximum Gasteiger partial charge on any atom is 0.00532 e. The van der Waals surface area contributed by atoms with Crippen molar-refractivity contribution in [3.8, 4) is 0 Å². The van der Waals surface area contributed by atoms with Gasteiger partial charge in [-0.15, -0.1) is 0 Å². The summed E-state index contributed by atoms with van der Waals surface area (Å²) in [6, 6.07) is 1.87. The Bertz CT molecular complexity index is 212. The SMILES string of the molecule is CC.CCC(C)NC(C)CCNCCCCNCCC(C)NC. The summed E-state index contributed by atoms with van der Waals surface area (Å²) < 4.78 is 0. The highest BCUT2D eigenvalue weighted by atomic mass is 14.9. The largest absolute Gasteiger partial charge is 0.317 e. The van der Waals surface area contributed by atoms with Gasteiger partial charge in [-0.1, -0.05) is 20.8 Å². The summed E-state index contributed by atoms with van der Waals surface area (Å²) in [6.07, 6.45) is 6.15. The molecule has 0 fully saturated rings. The zero-order valence-corrected chi connectivity index (χ0v) is 17.1. The first-order valence-corrected chi connectivity index (χ1v) is 9.94. The molecule has 0 spiro atoms. The third-order valence-corrected chi connectivity index (χ3v) is 4.14. The monoisotopic (exact) mass is 330 g/mol. The maximum atomic E-state index is 3.61. The lowest BCUT2D eigenvalue weighted by atomic mass is 10.2. The van der Waals surface area contributed by atoms with E-state index in [0.717, 1.165) is 26.2 Å². The number of rotatable bonds is 15. The molecule has 4 N–H and O–H groups in total. The molecule has 0 aliphatic rings. The van der Waals surface area contributed by atoms with Gasteiger partial charge in [0, 0.05) is 18.1 Å². The second kappa shape index (κ2) is 19.9. The molecule has 0 saturated heterocycles. The van der Waals surface area contributed by atoms with Crippen LogP contribution in [0.25, 0.3) is 0 Å². The average molecular weight is 331 g/mol. The van der Waals surface area contributed by atoms with E-state index in [2.05, 4.69) is 49.0 Å². The lowest BCUT2D eigenvalue weighted by Gasteiger charge is -2.18. The molecular formula is C19H46N4. The van der Waals surface area contributed by atoms with Gasteiger partial charge in [0.1, 0.15) is 0 Å². The summed E-state index contributed by atoms with van der Waals surface area (Å²) >= 11 is 0. The summed E-state index contributed by atoms with van der Waals surface area (Å²) in [5.74, 6) is 0. The molecule has 23 heavy (non-hydrogen) atoms. The van der Waals surface area contributed by atoms with Crippen molar-refractivity contribution in [1.29, 1.82) is 0 Å². The summed E-state index contributed by atoms with van der Waals surface area (Å²) in [5.41, 5.74) is 0. The van der Waals surface area contributed by atoms with Crippen LogP contribution in [0.2, 0.25) is 0 Å². The van der Waals surface area contributed by atoms with Crippen LogP contribution in [-0.4, -0.2) is 51.4 Å². The van der Waals surface area contributed by atoms with E-state index in [0.29, 0.717) is 18.1 Å². The first kappa shape index (κ1) is 25.1. The molecule has 4 nitrogen and oxygen atoms in total. The fourth-order valence-electron chi connectivity index (χ4n) is 2.22. The van der Waals surface area contributed by atoms with Gasteiger partial charge in [-0.3, -0.25) is 0 Å². The third-order valence-electron chi connectivity index (χ3n) is 4.14. The van der Waals surface area contributed by atoms with Crippen molar-refractivity contribution in [2.45, 2.75) is 91.8 Å². The molecular weight excluding hydrogens is 284 g/mol. The lowest BCUT2D eigenvalue weighted by molar-refractivity contribution is 0.427. The van der Waals surface area contributed by atoms with Crippen LogP contribution in [0.1, 0.15) is 73.6 Å². The minimum absolute atomic E-state index is 0.614. The van der Waals surface area contributed by atoms with Crippen LogP contribution in [0.15, 0.2) is 0 Å². The maximum absolute atomic E-state index is 3.61. The van der Waals surface area contributed by atoms with E-state index in [1.807, 2.05) is 20.9 Å². The van der Waals surface area contributed by atoms with E-state index >= 15 is 0 Å². The molecule has 0 aliphatic carbocycles. The molecule has 0 rings (SSSR count). The zero-order chi connectivity index (χ0) is 17.9. The minimum Gasteiger partial charge on any atom is -0.317 e. The molecule has 142 valence electrons. The first-order valence-electron chi connectivity index (χ1n) is 9.94. The Labute approximate surface area is 147 Å². The Hall–Kier alpha value is -0.160. The average Bonchev–Trinajstić information content (AvgIpc) is 2.57. The second-order valence-electron chi connectivity index (χ2n) is 6.35. The predicted molar refractivity (Wildman–Crippen MR) is 106 cm³/mol. The van der Waals surface area contributed by atoms with Crippen LogP contribution in [0.4, 0.5) is 0 Å². The lowest BCUT2D eigenvalue weighted by Crippen LogP contribution is -2.36. The van der Waals surface area contributed by atoms with Gasteiger partial charge in [-0.05, 0) is 86.1 Å². The van der Waals surface area contributed by atoms with Crippen LogP contribution in [-0.2, 0) is 0 Å². The molecule has 0 heterocycles. The topological polar surface area (TPSA) is 48.1 Å². The highest BCUT2D eigenvalue weighted by molar-refractivity contribution is 4.67. The van der Waals surface area contributed by atoms with Gasteiger partial charge >= 0.3 is 0 Å². The highest BCUT2D eigenvalue weighted by Gasteiger charge is 2.04. The molecule has 3 unspecified atom stereocenters. The van der Waals surface area contributed by atoms with E-state index in [1.165, 1.54) is 32.1 Å². The van der Waals surface area contributed by atoms with Crippen LogP contribution in [0.3, 0.4) is 0 Å². The van der Waals surface area contributed by atoms with Crippen LogP contribution in [0.5, 0.6) is 0 Å². The molecule has 0 aromatic carbocycles. The molecule has 0 aromatic heterocycles. The van der Waals surface area contributed by atoms with E-state index in [-0.39, 0.29) is 0 Å². The molecule has 0 amide bonds. The normalized spacial score (nSPS) is 14.7. The first-order chi connectivity index (χ1) is 11.1. The Morgan fingerprint density at radius 1 is 0.696 bits per heavy atom. The van der Waals surface area contributed by atoms with E-state index in [9.17, 15) is 0 Å². The van der Waals surface area contributed by atoms with Crippen molar-refractivity contribution in [2.75, 3.05) is 33.2 Å². The van der Waals surface area contributed by atoms with Crippen molar-refractivity contribution >= 4 is 0 Å². The summed E-state index contributed by atoms with van der Waals surface area (Å²) in [7, 11) is 2.02. The third kappa shape index (κ3) is 19.8. The Balaban J connectivity index is 0. The summed E-state index contributed by atoms with van der Waals surface area (Å²) in [6.45, 7) is 17.5. The van der Waals surface area contributed by atoms with Gasteiger partial charge in [-0.25, -0.2) is 0 Å². The Kier molecular flexibility index (Phi) is 21.7.